The van der Waals surface area contributed by atoms with Crippen molar-refractivity contribution in [3.63, 3.8) is 0 Å². The summed E-state index contributed by atoms with van der Waals surface area (Å²) < 4.78 is 0. The normalized spacial score (nSPS) is 9.20. The van der Waals surface area contributed by atoms with Crippen molar-refractivity contribution >= 4 is 107 Å². The van der Waals surface area contributed by atoms with E-state index in [-0.39, 0.29) is 107 Å². The number of benzene rings is 4. The van der Waals surface area contributed by atoms with Gasteiger partial charge in [-0.05, 0) is 68.7 Å². The van der Waals surface area contributed by atoms with Gasteiger partial charge in [-0.15, -0.1) is 74.4 Å². The van der Waals surface area contributed by atoms with Crippen molar-refractivity contribution in [3.8, 4) is 0 Å². The molecule has 30 heavy (non-hydrogen) atoms. The molecule has 12 heteroatoms. The Hall–Kier alpha value is -1.80. The Bertz CT molecular complexity index is 1200. The summed E-state index contributed by atoms with van der Waals surface area (Å²) in [6.45, 7) is 0. The van der Waals surface area contributed by atoms with Crippen LogP contribution in [0, 0.1) is 32.5 Å². The lowest BCUT2D eigenvalue weighted by Gasteiger charge is -2.10. The lowest BCUT2D eigenvalue weighted by molar-refractivity contribution is 1.14. The fourth-order valence-electron chi connectivity index (χ4n) is 3.14. The molecule has 0 aliphatic heterocycles. The summed E-state index contributed by atoms with van der Waals surface area (Å²) >= 11 is 0. The highest BCUT2D eigenvalue weighted by molar-refractivity contribution is 6.25. The molecule has 4 aromatic carbocycles. The van der Waals surface area contributed by atoms with Crippen LogP contribution >= 0.6 is 74.4 Å². The van der Waals surface area contributed by atoms with Gasteiger partial charge in [0.15, 0.2) is 0 Å². The first kappa shape index (κ1) is 32.9. The number of fused-ring (bicyclic) bond motifs is 6. The number of halogens is 6. The molecule has 6 nitrogen and oxygen atoms in total. The lowest BCUT2D eigenvalue weighted by atomic mass is 9.93. The average Bonchev–Trinajstić information content (AvgIpc) is 2.53. The molecular weight excluding hydrogens is 513 g/mol. The molecule has 0 unspecified atom stereocenters. The van der Waals surface area contributed by atoms with Gasteiger partial charge in [0.1, 0.15) is 0 Å². The molecule has 4 rings (SSSR count). The monoisotopic (exact) mass is 528 g/mol. The Morgan fingerprint density at radius 1 is 0.267 bits per heavy atom. The smallest absolute Gasteiger partial charge is 0.0795 e. The maximum Gasteiger partial charge on any atom is 0.0795 e. The highest BCUT2D eigenvalue weighted by Gasteiger charge is 2.10. The minimum atomic E-state index is 0. The summed E-state index contributed by atoms with van der Waals surface area (Å²) in [6, 6.07) is 9.59. The van der Waals surface area contributed by atoms with Crippen LogP contribution in [0.1, 0.15) is 0 Å². The van der Waals surface area contributed by atoms with Gasteiger partial charge in [-0.3, -0.25) is 32.5 Å². The first-order valence-electron chi connectivity index (χ1n) is 7.21. The first-order valence-corrected chi connectivity index (χ1v) is 7.21. The third-order valence-electron chi connectivity index (χ3n) is 4.34. The van der Waals surface area contributed by atoms with E-state index in [9.17, 15) is 0 Å². The second kappa shape index (κ2) is 11.6. The minimum Gasteiger partial charge on any atom is -0.299 e. The van der Waals surface area contributed by atoms with Crippen molar-refractivity contribution in [2.75, 3.05) is 0 Å². The second-order valence-electron chi connectivity index (χ2n) is 5.83. The molecular formula is C18H18Cl6N6. The molecule has 0 heterocycles. The van der Waals surface area contributed by atoms with Crippen molar-refractivity contribution in [2.45, 2.75) is 0 Å². The van der Waals surface area contributed by atoms with Crippen LogP contribution in [0.25, 0.3) is 32.3 Å². The molecule has 0 bridgehead atoms. The third kappa shape index (κ3) is 4.91. The molecule has 0 radical (unpaired) electrons. The van der Waals surface area contributed by atoms with Crippen LogP contribution in [0.3, 0.4) is 0 Å². The van der Waals surface area contributed by atoms with E-state index in [2.05, 4.69) is 0 Å². The first-order chi connectivity index (χ1) is 11.4. The van der Waals surface area contributed by atoms with Gasteiger partial charge in [0.05, 0.1) is 32.1 Å². The molecule has 0 saturated carbocycles. The van der Waals surface area contributed by atoms with Crippen LogP contribution in [0.4, 0.5) is 0 Å². The predicted molar refractivity (Wildman–Crippen MR) is 131 cm³/mol. The molecule has 4 aromatic rings. The van der Waals surface area contributed by atoms with Crippen LogP contribution in [0.15, 0.2) is 36.4 Å². The van der Waals surface area contributed by atoms with Gasteiger partial charge in [0, 0.05) is 0 Å². The van der Waals surface area contributed by atoms with Gasteiger partial charge in [-0.25, -0.2) is 0 Å². The van der Waals surface area contributed by atoms with Gasteiger partial charge in [-0.1, -0.05) is 0 Å². The summed E-state index contributed by atoms with van der Waals surface area (Å²) in [5, 5.41) is 52.4. The Morgan fingerprint density at radius 3 is 0.467 bits per heavy atom. The van der Waals surface area contributed by atoms with E-state index in [0.717, 1.165) is 32.3 Å². The molecule has 0 spiro atoms. The van der Waals surface area contributed by atoms with Crippen molar-refractivity contribution in [1.29, 1.82) is 32.5 Å². The van der Waals surface area contributed by atoms with Crippen molar-refractivity contribution < 1.29 is 0 Å². The standard InChI is InChI=1S/C18H12N6.6ClH/c19-13-1-7-8(2-14(13)20)10-4-17(23)18(24)6-12(10)11-5-16(22)15(21)3-9(7)11;;;;;;/h1-6,19-24H;6*1H. The van der Waals surface area contributed by atoms with Gasteiger partial charge in [0.25, 0.3) is 0 Å². The third-order valence-corrected chi connectivity index (χ3v) is 4.34. The van der Waals surface area contributed by atoms with Crippen molar-refractivity contribution in [1.82, 2.24) is 0 Å². The SMILES string of the molecule is Cl.Cl.Cl.Cl.Cl.Cl.N=c1cc2c3cc(=N)c(=N)cc3c3cc(=N)c(=N)cc3c2cc1=N. The molecule has 0 amide bonds. The number of hydrogen-bond acceptors (Lipinski definition) is 6. The minimum absolute atomic E-state index is 0. The Morgan fingerprint density at radius 2 is 0.367 bits per heavy atom. The van der Waals surface area contributed by atoms with Crippen molar-refractivity contribution in [2.24, 2.45) is 0 Å². The molecule has 0 saturated heterocycles. The summed E-state index contributed by atoms with van der Waals surface area (Å²) in [7, 11) is 0. The van der Waals surface area contributed by atoms with E-state index in [1.807, 2.05) is 0 Å². The van der Waals surface area contributed by atoms with E-state index in [1.165, 1.54) is 0 Å². The second-order valence-corrected chi connectivity index (χ2v) is 5.83. The highest BCUT2D eigenvalue weighted by atomic mass is 35.5. The Kier molecular flexibility index (Phi) is 12.7. The molecule has 0 aliphatic rings. The number of hydrogen-bond donors (Lipinski definition) is 6. The number of rotatable bonds is 0. The fraction of sp³-hybridized carbons (Fsp3) is 0. The zero-order valence-electron chi connectivity index (χ0n) is 14.9. The van der Waals surface area contributed by atoms with Crippen LogP contribution < -0.4 is 32.1 Å². The largest absolute Gasteiger partial charge is 0.299 e. The molecule has 0 aliphatic carbocycles. The molecule has 0 atom stereocenters. The zero-order chi connectivity index (χ0) is 17.2. The highest BCUT2D eigenvalue weighted by Crippen LogP contribution is 2.31. The van der Waals surface area contributed by atoms with Crippen LogP contribution in [0.2, 0.25) is 0 Å². The molecule has 0 fully saturated rings. The molecule has 162 valence electrons. The van der Waals surface area contributed by atoms with Gasteiger partial charge >= 0.3 is 0 Å². The van der Waals surface area contributed by atoms with Crippen LogP contribution in [0.5, 0.6) is 0 Å². The van der Waals surface area contributed by atoms with Crippen LogP contribution in [-0.2, 0) is 0 Å². The topological polar surface area (TPSA) is 143 Å². The van der Waals surface area contributed by atoms with E-state index >= 15 is 0 Å². The van der Waals surface area contributed by atoms with Gasteiger partial charge in [-0.2, -0.15) is 0 Å². The predicted octanol–water partition coefficient (Wildman–Crippen LogP) is 2.87. The summed E-state index contributed by atoms with van der Waals surface area (Å²) in [5.74, 6) is 0. The molecule has 6 N–H and O–H groups in total. The lowest BCUT2D eigenvalue weighted by Crippen LogP contribution is -2.25. The average molecular weight is 531 g/mol. The summed E-state index contributed by atoms with van der Waals surface area (Å²) in [4.78, 5) is 0. The van der Waals surface area contributed by atoms with E-state index in [4.69, 9.17) is 32.5 Å². The van der Waals surface area contributed by atoms with Gasteiger partial charge in [0.2, 0.25) is 0 Å². The van der Waals surface area contributed by atoms with E-state index in [0.29, 0.717) is 0 Å². The maximum absolute atomic E-state index is 7.92. The Labute approximate surface area is 207 Å². The van der Waals surface area contributed by atoms with E-state index < -0.39 is 0 Å². The van der Waals surface area contributed by atoms with Crippen molar-refractivity contribution in [3.05, 3.63) is 68.5 Å². The maximum atomic E-state index is 7.92. The fourth-order valence-corrected chi connectivity index (χ4v) is 3.14. The zero-order valence-corrected chi connectivity index (χ0v) is 19.8. The molecule has 0 aromatic heterocycles. The Balaban J connectivity index is -0.00000121. The quantitative estimate of drug-likeness (QED) is 0.186. The summed E-state index contributed by atoms with van der Waals surface area (Å²) in [5.41, 5.74) is 0. The summed E-state index contributed by atoms with van der Waals surface area (Å²) in [6.07, 6.45) is 0. The van der Waals surface area contributed by atoms with Gasteiger partial charge < -0.3 is 0 Å². The van der Waals surface area contributed by atoms with E-state index in [1.54, 1.807) is 36.4 Å². The number of nitrogens with one attached hydrogen (secondary N) is 6. The van der Waals surface area contributed by atoms with Crippen LogP contribution in [-0.4, -0.2) is 0 Å².